The van der Waals surface area contributed by atoms with Crippen molar-refractivity contribution in [3.05, 3.63) is 12.3 Å². The number of aliphatic hydroxyl groups excluding tert-OH is 1. The summed E-state index contributed by atoms with van der Waals surface area (Å²) in [6.07, 6.45) is 3.42. The zero-order valence-electron chi connectivity index (χ0n) is 8.69. The smallest absolute Gasteiger partial charge is 0.158 e. The van der Waals surface area contributed by atoms with Crippen LogP contribution in [-0.4, -0.2) is 24.6 Å². The minimum atomic E-state index is -0.152. The molecule has 0 amide bonds. The van der Waals surface area contributed by atoms with Crippen LogP contribution in [0.4, 0.5) is 0 Å². The Balaban J connectivity index is 3.78. The van der Waals surface area contributed by atoms with Crippen LogP contribution >= 0.6 is 0 Å². The third-order valence-electron chi connectivity index (χ3n) is 1.68. The van der Waals surface area contributed by atoms with Gasteiger partial charge in [0, 0.05) is 19.6 Å². The third-order valence-corrected chi connectivity index (χ3v) is 1.68. The van der Waals surface area contributed by atoms with Gasteiger partial charge in [-0.1, -0.05) is 6.92 Å². The highest BCUT2D eigenvalue weighted by molar-refractivity contribution is 4.79. The first-order chi connectivity index (χ1) is 6.24. The van der Waals surface area contributed by atoms with E-state index in [-0.39, 0.29) is 12.2 Å². The maximum atomic E-state index is 8.55. The van der Waals surface area contributed by atoms with Crippen LogP contribution in [0.2, 0.25) is 0 Å². The molecule has 0 bridgehead atoms. The summed E-state index contributed by atoms with van der Waals surface area (Å²) in [7, 11) is 0. The Labute approximate surface area is 80.4 Å². The Kier molecular flexibility index (Phi) is 7.74. The van der Waals surface area contributed by atoms with Gasteiger partial charge in [0.25, 0.3) is 0 Å². The molecule has 0 aromatic rings. The monoisotopic (exact) mass is 188 g/mol. The van der Waals surface area contributed by atoms with Gasteiger partial charge in [0.2, 0.25) is 0 Å². The molecule has 0 heterocycles. The Bertz CT molecular complexity index is 128. The van der Waals surface area contributed by atoms with Gasteiger partial charge < -0.3 is 14.6 Å². The molecule has 1 atom stereocenters. The molecular formula is C10H20O3. The topological polar surface area (TPSA) is 38.7 Å². The lowest BCUT2D eigenvalue weighted by Gasteiger charge is -2.18. The molecule has 0 aromatic heterocycles. The van der Waals surface area contributed by atoms with Crippen LogP contribution in [0.15, 0.2) is 12.3 Å². The normalized spacial score (nSPS) is 14.2. The lowest BCUT2D eigenvalue weighted by molar-refractivity contribution is -0.143. The quantitative estimate of drug-likeness (QED) is 0.492. The van der Waals surface area contributed by atoms with Crippen molar-refractivity contribution in [2.24, 2.45) is 5.92 Å². The molecular weight excluding hydrogens is 168 g/mol. The first kappa shape index (κ1) is 12.5. The predicted octanol–water partition coefficient (Wildman–Crippen LogP) is 2.48. The number of rotatable bonds is 7. The second kappa shape index (κ2) is 8.08. The van der Waals surface area contributed by atoms with Gasteiger partial charge in [-0.25, -0.2) is 0 Å². The van der Waals surface area contributed by atoms with Crippen LogP contribution in [-0.2, 0) is 9.47 Å². The van der Waals surface area contributed by atoms with Gasteiger partial charge >= 0.3 is 0 Å². The molecule has 0 fully saturated rings. The third kappa shape index (κ3) is 6.61. The zero-order chi connectivity index (χ0) is 10.1. The van der Waals surface area contributed by atoms with E-state index in [1.54, 1.807) is 6.08 Å². The van der Waals surface area contributed by atoms with Crippen LogP contribution in [0.3, 0.4) is 0 Å². The fourth-order valence-electron chi connectivity index (χ4n) is 1.09. The zero-order valence-corrected chi connectivity index (χ0v) is 8.69. The summed E-state index contributed by atoms with van der Waals surface area (Å²) in [5, 5.41) is 8.55. The molecule has 1 N–H and O–H groups in total. The van der Waals surface area contributed by atoms with E-state index in [2.05, 4.69) is 0 Å². The minimum Gasteiger partial charge on any atom is -0.516 e. The highest BCUT2D eigenvalue weighted by Gasteiger charge is 2.10. The van der Waals surface area contributed by atoms with E-state index in [0.29, 0.717) is 13.2 Å². The summed E-state index contributed by atoms with van der Waals surface area (Å²) in [5.41, 5.74) is 0. The Hall–Kier alpha value is -0.540. The first-order valence-electron chi connectivity index (χ1n) is 4.78. The van der Waals surface area contributed by atoms with E-state index >= 15 is 0 Å². The molecule has 3 heteroatoms. The number of hydrogen-bond donors (Lipinski definition) is 1. The van der Waals surface area contributed by atoms with E-state index in [1.807, 2.05) is 20.8 Å². The molecule has 0 spiro atoms. The molecule has 0 saturated heterocycles. The van der Waals surface area contributed by atoms with Crippen LogP contribution in [0, 0.1) is 5.92 Å². The van der Waals surface area contributed by atoms with Crippen molar-refractivity contribution in [3.8, 4) is 0 Å². The number of hydrogen-bond acceptors (Lipinski definition) is 3. The number of ether oxygens (including phenoxy) is 2. The van der Waals surface area contributed by atoms with Gasteiger partial charge in [-0.3, -0.25) is 0 Å². The van der Waals surface area contributed by atoms with Gasteiger partial charge in [0.15, 0.2) is 6.29 Å². The average Bonchev–Trinajstić information content (AvgIpc) is 2.05. The highest BCUT2D eigenvalue weighted by Crippen LogP contribution is 2.11. The Morgan fingerprint density at radius 1 is 1.23 bits per heavy atom. The molecule has 0 aliphatic rings. The minimum absolute atomic E-state index is 0.152. The Morgan fingerprint density at radius 3 is 2.15 bits per heavy atom. The maximum absolute atomic E-state index is 8.55. The van der Waals surface area contributed by atoms with Gasteiger partial charge in [-0.05, 0) is 25.8 Å². The van der Waals surface area contributed by atoms with Crippen molar-refractivity contribution >= 4 is 0 Å². The number of aliphatic hydroxyl groups is 1. The lowest BCUT2D eigenvalue weighted by atomic mass is 10.1. The molecule has 0 saturated carbocycles. The largest absolute Gasteiger partial charge is 0.516 e. The van der Waals surface area contributed by atoms with E-state index in [9.17, 15) is 0 Å². The maximum Gasteiger partial charge on any atom is 0.158 e. The molecule has 78 valence electrons. The van der Waals surface area contributed by atoms with Crippen LogP contribution < -0.4 is 0 Å². The molecule has 0 rings (SSSR count). The van der Waals surface area contributed by atoms with Gasteiger partial charge in [-0.2, -0.15) is 0 Å². The molecule has 1 unspecified atom stereocenters. The lowest BCUT2D eigenvalue weighted by Crippen LogP contribution is -2.19. The van der Waals surface area contributed by atoms with Gasteiger partial charge in [0.05, 0.1) is 6.26 Å². The van der Waals surface area contributed by atoms with Crippen molar-refractivity contribution in [2.75, 3.05) is 13.2 Å². The summed E-state index contributed by atoms with van der Waals surface area (Å²) >= 11 is 0. The van der Waals surface area contributed by atoms with E-state index in [1.165, 1.54) is 0 Å². The molecule has 0 aromatic carbocycles. The SMILES string of the molecule is CCOC(CC(C)C=CO)OCC. The van der Waals surface area contributed by atoms with E-state index in [0.717, 1.165) is 12.7 Å². The van der Waals surface area contributed by atoms with Crippen LogP contribution in [0.25, 0.3) is 0 Å². The second-order valence-electron chi connectivity index (χ2n) is 2.89. The first-order valence-corrected chi connectivity index (χ1v) is 4.78. The molecule has 13 heavy (non-hydrogen) atoms. The second-order valence-corrected chi connectivity index (χ2v) is 2.89. The fraction of sp³-hybridized carbons (Fsp3) is 0.800. The molecule has 3 nitrogen and oxygen atoms in total. The summed E-state index contributed by atoms with van der Waals surface area (Å²) in [4.78, 5) is 0. The van der Waals surface area contributed by atoms with Crippen LogP contribution in [0.1, 0.15) is 27.2 Å². The van der Waals surface area contributed by atoms with Gasteiger partial charge in [-0.15, -0.1) is 0 Å². The molecule has 0 aliphatic heterocycles. The predicted molar refractivity (Wildman–Crippen MR) is 52.6 cm³/mol. The van der Waals surface area contributed by atoms with Gasteiger partial charge in [0.1, 0.15) is 0 Å². The summed E-state index contributed by atoms with van der Waals surface area (Å²) in [5.74, 6) is 0.271. The van der Waals surface area contributed by atoms with Crippen molar-refractivity contribution in [1.82, 2.24) is 0 Å². The molecule has 0 radical (unpaired) electrons. The number of allylic oxidation sites excluding steroid dienone is 1. The van der Waals surface area contributed by atoms with Crippen molar-refractivity contribution in [2.45, 2.75) is 33.5 Å². The summed E-state index contributed by atoms with van der Waals surface area (Å²) in [6, 6.07) is 0. The van der Waals surface area contributed by atoms with Crippen molar-refractivity contribution in [3.63, 3.8) is 0 Å². The van der Waals surface area contributed by atoms with Crippen LogP contribution in [0.5, 0.6) is 0 Å². The Morgan fingerprint density at radius 2 is 1.77 bits per heavy atom. The standard InChI is InChI=1S/C10H20O3/c1-4-12-10(13-5-2)8-9(3)6-7-11/h6-7,9-11H,4-5,8H2,1-3H3. The molecule has 0 aliphatic carbocycles. The van der Waals surface area contributed by atoms with Crippen molar-refractivity contribution < 1.29 is 14.6 Å². The average molecular weight is 188 g/mol. The van der Waals surface area contributed by atoms with E-state index in [4.69, 9.17) is 14.6 Å². The summed E-state index contributed by atoms with van der Waals surface area (Å²) in [6.45, 7) is 7.20. The highest BCUT2D eigenvalue weighted by atomic mass is 16.7. The van der Waals surface area contributed by atoms with Crippen molar-refractivity contribution in [1.29, 1.82) is 0 Å². The summed E-state index contributed by atoms with van der Waals surface area (Å²) < 4.78 is 10.7. The fourth-order valence-corrected chi connectivity index (χ4v) is 1.09. The van der Waals surface area contributed by atoms with E-state index < -0.39 is 0 Å².